The van der Waals surface area contributed by atoms with Gasteiger partial charge in [0.2, 0.25) is 5.91 Å². The Balaban J connectivity index is 0.00000128. The molecule has 2 fully saturated rings. The summed E-state index contributed by atoms with van der Waals surface area (Å²) >= 11 is 0. The van der Waals surface area contributed by atoms with Gasteiger partial charge in [-0.2, -0.15) is 0 Å². The minimum Gasteiger partial charge on any atom is -0.355 e. The Hall–Kier alpha value is -0.280. The molecular formula is C12H23ClN2O. The fraction of sp³-hybridized carbons (Fsp3) is 0.917. The highest BCUT2D eigenvalue weighted by atomic mass is 35.5. The number of rotatable bonds is 4. The molecule has 2 aliphatic rings. The monoisotopic (exact) mass is 246 g/mol. The summed E-state index contributed by atoms with van der Waals surface area (Å²) in [5.41, 5.74) is 5.36. The fourth-order valence-electron chi connectivity index (χ4n) is 2.93. The third kappa shape index (κ3) is 3.36. The lowest BCUT2D eigenvalue weighted by molar-refractivity contribution is -0.122. The van der Waals surface area contributed by atoms with Crippen molar-refractivity contribution in [2.24, 2.45) is 23.5 Å². The van der Waals surface area contributed by atoms with Crippen LogP contribution in [0.3, 0.4) is 0 Å². The molecule has 0 aromatic heterocycles. The highest BCUT2D eigenvalue weighted by Crippen LogP contribution is 2.49. The number of hydrogen-bond acceptors (Lipinski definition) is 2. The van der Waals surface area contributed by atoms with Gasteiger partial charge in [-0.05, 0) is 18.3 Å². The van der Waals surface area contributed by atoms with Crippen molar-refractivity contribution in [1.82, 2.24) is 5.32 Å². The van der Waals surface area contributed by atoms with Crippen LogP contribution in [0.15, 0.2) is 0 Å². The van der Waals surface area contributed by atoms with Gasteiger partial charge in [0.05, 0.1) is 0 Å². The summed E-state index contributed by atoms with van der Waals surface area (Å²) in [6, 6.07) is 0. The summed E-state index contributed by atoms with van der Waals surface area (Å²) in [6.45, 7) is 1.18. The number of hydrogen-bond donors (Lipinski definition) is 2. The van der Waals surface area contributed by atoms with Crippen molar-refractivity contribution in [2.45, 2.75) is 38.5 Å². The molecule has 0 spiro atoms. The van der Waals surface area contributed by atoms with Crippen LogP contribution >= 0.6 is 12.4 Å². The zero-order valence-electron chi connectivity index (χ0n) is 9.78. The molecule has 0 heterocycles. The van der Waals surface area contributed by atoms with Gasteiger partial charge in [-0.1, -0.05) is 32.1 Å². The van der Waals surface area contributed by atoms with Gasteiger partial charge >= 0.3 is 0 Å². The van der Waals surface area contributed by atoms with Crippen LogP contribution in [0.5, 0.6) is 0 Å². The van der Waals surface area contributed by atoms with Gasteiger partial charge in [0.15, 0.2) is 0 Å². The van der Waals surface area contributed by atoms with Crippen LogP contribution in [-0.4, -0.2) is 19.0 Å². The van der Waals surface area contributed by atoms with Crippen molar-refractivity contribution in [3.05, 3.63) is 0 Å². The van der Waals surface area contributed by atoms with Crippen LogP contribution in [0, 0.1) is 17.8 Å². The van der Waals surface area contributed by atoms with Crippen molar-refractivity contribution in [3.8, 4) is 0 Å². The normalized spacial score (nSPS) is 29.3. The van der Waals surface area contributed by atoms with E-state index in [4.69, 9.17) is 5.73 Å². The van der Waals surface area contributed by atoms with Gasteiger partial charge in [-0.15, -0.1) is 12.4 Å². The van der Waals surface area contributed by atoms with Gasteiger partial charge in [-0.3, -0.25) is 4.79 Å². The maximum absolute atomic E-state index is 11.7. The van der Waals surface area contributed by atoms with Crippen molar-refractivity contribution < 1.29 is 4.79 Å². The van der Waals surface area contributed by atoms with E-state index in [9.17, 15) is 4.79 Å². The van der Waals surface area contributed by atoms with E-state index >= 15 is 0 Å². The van der Waals surface area contributed by atoms with Gasteiger partial charge in [0.1, 0.15) is 0 Å². The third-order valence-corrected chi connectivity index (χ3v) is 3.88. The Bertz CT molecular complexity index is 229. The Kier molecular flexibility index (Phi) is 5.56. The van der Waals surface area contributed by atoms with Crippen LogP contribution in [0.2, 0.25) is 0 Å². The minimum atomic E-state index is 0. The van der Waals surface area contributed by atoms with E-state index in [2.05, 4.69) is 5.32 Å². The molecule has 2 saturated carbocycles. The molecule has 2 rings (SSSR count). The molecule has 2 unspecified atom stereocenters. The Morgan fingerprint density at radius 2 is 1.94 bits per heavy atom. The quantitative estimate of drug-likeness (QED) is 0.793. The number of amides is 1. The third-order valence-electron chi connectivity index (χ3n) is 3.88. The first-order valence-corrected chi connectivity index (χ1v) is 6.30. The van der Waals surface area contributed by atoms with E-state index in [-0.39, 0.29) is 18.3 Å². The summed E-state index contributed by atoms with van der Waals surface area (Å²) in [6.07, 6.45) is 7.97. The molecule has 3 N–H and O–H groups in total. The number of halogens is 1. The van der Waals surface area contributed by atoms with E-state index in [0.717, 1.165) is 12.3 Å². The molecule has 2 atom stereocenters. The van der Waals surface area contributed by atoms with Gasteiger partial charge in [0.25, 0.3) is 0 Å². The second-order valence-electron chi connectivity index (χ2n) is 4.98. The van der Waals surface area contributed by atoms with Crippen LogP contribution in [-0.2, 0) is 4.79 Å². The summed E-state index contributed by atoms with van der Waals surface area (Å²) in [7, 11) is 0. The predicted octanol–water partition coefficient (Wildman–Crippen LogP) is 1.70. The van der Waals surface area contributed by atoms with E-state index < -0.39 is 0 Å². The Morgan fingerprint density at radius 3 is 2.56 bits per heavy atom. The van der Waals surface area contributed by atoms with Gasteiger partial charge in [0, 0.05) is 19.0 Å². The first-order valence-electron chi connectivity index (χ1n) is 6.30. The second kappa shape index (κ2) is 6.45. The zero-order chi connectivity index (χ0) is 10.7. The van der Waals surface area contributed by atoms with Crippen LogP contribution < -0.4 is 11.1 Å². The van der Waals surface area contributed by atoms with Crippen molar-refractivity contribution in [2.75, 3.05) is 13.1 Å². The molecule has 0 aromatic rings. The van der Waals surface area contributed by atoms with Crippen molar-refractivity contribution in [1.29, 1.82) is 0 Å². The van der Waals surface area contributed by atoms with Gasteiger partial charge < -0.3 is 11.1 Å². The maximum Gasteiger partial charge on any atom is 0.223 e. The number of nitrogens with one attached hydrogen (secondary N) is 1. The zero-order valence-corrected chi connectivity index (χ0v) is 10.6. The number of nitrogens with two attached hydrogens (primary N) is 1. The molecular weight excluding hydrogens is 224 g/mol. The first-order chi connectivity index (χ1) is 7.33. The molecule has 3 nitrogen and oxygen atoms in total. The molecule has 0 aliphatic heterocycles. The minimum absolute atomic E-state index is 0. The summed E-state index contributed by atoms with van der Waals surface area (Å²) in [5.74, 6) is 2.10. The first kappa shape index (κ1) is 13.8. The molecule has 1 amide bonds. The lowest BCUT2D eigenvalue weighted by Crippen LogP contribution is -2.31. The largest absolute Gasteiger partial charge is 0.355 e. The van der Waals surface area contributed by atoms with Crippen molar-refractivity contribution in [3.63, 3.8) is 0 Å². The molecule has 2 aliphatic carbocycles. The second-order valence-corrected chi connectivity index (χ2v) is 4.98. The molecule has 0 bridgehead atoms. The topological polar surface area (TPSA) is 55.1 Å². The number of carbonyl (C=O) groups is 1. The highest BCUT2D eigenvalue weighted by Gasteiger charge is 2.47. The summed E-state index contributed by atoms with van der Waals surface area (Å²) < 4.78 is 0. The van der Waals surface area contributed by atoms with E-state index in [0.29, 0.717) is 24.9 Å². The molecule has 0 saturated heterocycles. The van der Waals surface area contributed by atoms with E-state index in [1.807, 2.05) is 0 Å². The Morgan fingerprint density at radius 1 is 1.25 bits per heavy atom. The van der Waals surface area contributed by atoms with Crippen LogP contribution in [0.4, 0.5) is 0 Å². The number of carbonyl (C=O) groups excluding carboxylic acids is 1. The Labute approximate surface area is 104 Å². The lowest BCUT2D eigenvalue weighted by Gasteiger charge is -2.21. The molecule has 94 valence electrons. The average molecular weight is 247 g/mol. The van der Waals surface area contributed by atoms with Crippen LogP contribution in [0.25, 0.3) is 0 Å². The van der Waals surface area contributed by atoms with Crippen molar-refractivity contribution >= 4 is 18.3 Å². The predicted molar refractivity (Wildman–Crippen MR) is 67.5 cm³/mol. The molecule has 16 heavy (non-hydrogen) atoms. The molecule has 0 radical (unpaired) electrons. The fourth-order valence-corrected chi connectivity index (χ4v) is 2.93. The van der Waals surface area contributed by atoms with Crippen LogP contribution in [0.1, 0.15) is 38.5 Å². The van der Waals surface area contributed by atoms with Gasteiger partial charge in [-0.25, -0.2) is 0 Å². The molecule has 4 heteroatoms. The molecule has 0 aromatic carbocycles. The summed E-state index contributed by atoms with van der Waals surface area (Å²) in [5, 5.41) is 2.90. The SMILES string of the molecule is Cl.NCCNC(=O)C1CC1C1CCCCC1. The standard InChI is InChI=1S/C12H22N2O.ClH/c13-6-7-14-12(15)11-8-10(11)9-4-2-1-3-5-9;/h9-11H,1-8,13H2,(H,14,15);1H. The van der Waals surface area contributed by atoms with E-state index in [1.165, 1.54) is 32.1 Å². The average Bonchev–Trinajstić information content (AvgIpc) is 3.07. The lowest BCUT2D eigenvalue weighted by atomic mass is 9.85. The van der Waals surface area contributed by atoms with E-state index in [1.54, 1.807) is 0 Å². The summed E-state index contributed by atoms with van der Waals surface area (Å²) in [4.78, 5) is 11.7. The smallest absolute Gasteiger partial charge is 0.223 e. The maximum atomic E-state index is 11.7. The highest BCUT2D eigenvalue weighted by molar-refractivity contribution is 5.85.